The lowest BCUT2D eigenvalue weighted by molar-refractivity contribution is -0.182. The lowest BCUT2D eigenvalue weighted by Crippen LogP contribution is -2.59. The molecular weight excluding hydrogens is 206 g/mol. The molecule has 16 heavy (non-hydrogen) atoms. The molecule has 1 fully saturated rings. The quantitative estimate of drug-likeness (QED) is 0.707. The number of esters is 1. The maximum atomic E-state index is 12.0. The summed E-state index contributed by atoms with van der Waals surface area (Å²) in [5.41, 5.74) is -1.79. The van der Waals surface area contributed by atoms with Crippen molar-refractivity contribution in [3.8, 4) is 0 Å². The molecule has 0 aromatic rings. The molecule has 0 radical (unpaired) electrons. The van der Waals surface area contributed by atoms with Crippen molar-refractivity contribution in [2.75, 3.05) is 20.2 Å². The van der Waals surface area contributed by atoms with E-state index in [0.29, 0.717) is 12.8 Å². The fourth-order valence-electron chi connectivity index (χ4n) is 2.53. The topological polar surface area (TPSA) is 58.6 Å². The number of ether oxygens (including phenoxy) is 1. The van der Waals surface area contributed by atoms with Gasteiger partial charge in [0.1, 0.15) is 0 Å². The van der Waals surface area contributed by atoms with E-state index in [1.165, 1.54) is 7.11 Å². The number of carbonyl (C=O) groups is 1. The summed E-state index contributed by atoms with van der Waals surface area (Å²) in [4.78, 5) is 12.0. The van der Waals surface area contributed by atoms with E-state index >= 15 is 0 Å². The van der Waals surface area contributed by atoms with Gasteiger partial charge >= 0.3 is 5.97 Å². The van der Waals surface area contributed by atoms with Crippen LogP contribution < -0.4 is 5.32 Å². The van der Waals surface area contributed by atoms with Crippen LogP contribution in [-0.2, 0) is 9.53 Å². The summed E-state index contributed by atoms with van der Waals surface area (Å²) >= 11 is 0. The van der Waals surface area contributed by atoms with E-state index in [-0.39, 0.29) is 11.9 Å². The summed E-state index contributed by atoms with van der Waals surface area (Å²) in [5.74, 6) is -0.269. The van der Waals surface area contributed by atoms with E-state index in [2.05, 4.69) is 5.32 Å². The molecule has 94 valence electrons. The molecule has 4 heteroatoms. The highest BCUT2D eigenvalue weighted by atomic mass is 16.5. The van der Waals surface area contributed by atoms with Crippen LogP contribution in [0.15, 0.2) is 0 Å². The summed E-state index contributed by atoms with van der Waals surface area (Å²) in [6.45, 7) is 7.22. The average molecular weight is 229 g/mol. The summed E-state index contributed by atoms with van der Waals surface area (Å²) < 4.78 is 4.88. The number of nitrogens with one attached hydrogen (secondary N) is 1. The first-order chi connectivity index (χ1) is 7.38. The highest BCUT2D eigenvalue weighted by Gasteiger charge is 2.55. The highest BCUT2D eigenvalue weighted by Crippen LogP contribution is 2.44. The van der Waals surface area contributed by atoms with Gasteiger partial charge in [0.05, 0.1) is 18.1 Å². The van der Waals surface area contributed by atoms with Crippen molar-refractivity contribution >= 4 is 5.97 Å². The predicted molar refractivity (Wildman–Crippen MR) is 62.0 cm³/mol. The van der Waals surface area contributed by atoms with Gasteiger partial charge in [-0.25, -0.2) is 0 Å². The van der Waals surface area contributed by atoms with Crippen molar-refractivity contribution in [2.24, 2.45) is 11.3 Å². The monoisotopic (exact) mass is 229 g/mol. The van der Waals surface area contributed by atoms with Gasteiger partial charge in [0, 0.05) is 0 Å². The van der Waals surface area contributed by atoms with E-state index < -0.39 is 11.0 Å². The van der Waals surface area contributed by atoms with Crippen molar-refractivity contribution in [2.45, 2.75) is 39.2 Å². The van der Waals surface area contributed by atoms with Gasteiger partial charge in [-0.1, -0.05) is 13.8 Å². The second-order valence-electron chi connectivity index (χ2n) is 5.13. The van der Waals surface area contributed by atoms with Crippen LogP contribution in [-0.4, -0.2) is 36.9 Å². The van der Waals surface area contributed by atoms with Crippen LogP contribution in [0.5, 0.6) is 0 Å². The smallest absolute Gasteiger partial charge is 0.314 e. The Labute approximate surface area is 97.4 Å². The number of methoxy groups -OCH3 is 1. The van der Waals surface area contributed by atoms with Crippen molar-refractivity contribution < 1.29 is 14.6 Å². The van der Waals surface area contributed by atoms with Gasteiger partial charge in [-0.2, -0.15) is 0 Å². The minimum absolute atomic E-state index is 0.0445. The molecule has 0 aliphatic carbocycles. The van der Waals surface area contributed by atoms with E-state index in [9.17, 15) is 9.90 Å². The zero-order valence-corrected chi connectivity index (χ0v) is 10.7. The Bertz CT molecular complexity index is 259. The molecule has 0 spiro atoms. The fourth-order valence-corrected chi connectivity index (χ4v) is 2.53. The Kier molecular flexibility index (Phi) is 3.97. The molecule has 0 aromatic heterocycles. The van der Waals surface area contributed by atoms with Gasteiger partial charge in [0.2, 0.25) is 0 Å². The first kappa shape index (κ1) is 13.5. The van der Waals surface area contributed by atoms with Crippen molar-refractivity contribution in [1.29, 1.82) is 0 Å². The Hall–Kier alpha value is -0.610. The lowest BCUT2D eigenvalue weighted by atomic mass is 9.62. The lowest BCUT2D eigenvalue weighted by Gasteiger charge is -2.47. The third-order valence-corrected chi connectivity index (χ3v) is 4.16. The largest absolute Gasteiger partial charge is 0.469 e. The maximum absolute atomic E-state index is 12.0. The van der Waals surface area contributed by atoms with Crippen molar-refractivity contribution in [3.05, 3.63) is 0 Å². The number of aliphatic hydroxyl groups is 1. The van der Waals surface area contributed by atoms with Crippen molar-refractivity contribution in [3.63, 3.8) is 0 Å². The molecule has 1 atom stereocenters. The SMILES string of the molecule is COC(=O)C(C)(C(C)C)C1(O)CCNCC1. The van der Waals surface area contributed by atoms with Crippen LogP contribution in [0.1, 0.15) is 33.6 Å². The second kappa shape index (κ2) is 4.72. The molecular formula is C12H23NO3. The van der Waals surface area contributed by atoms with E-state index in [1.54, 1.807) is 0 Å². The summed E-state index contributed by atoms with van der Waals surface area (Å²) in [7, 11) is 1.38. The molecule has 1 unspecified atom stereocenters. The molecule has 0 amide bonds. The van der Waals surface area contributed by atoms with Gasteiger partial charge in [-0.15, -0.1) is 0 Å². The third kappa shape index (κ3) is 1.96. The van der Waals surface area contributed by atoms with Crippen LogP contribution in [0.4, 0.5) is 0 Å². The minimum atomic E-state index is -0.959. The Morgan fingerprint density at radius 1 is 1.44 bits per heavy atom. The Morgan fingerprint density at radius 2 is 1.94 bits per heavy atom. The highest BCUT2D eigenvalue weighted by molar-refractivity contribution is 5.78. The van der Waals surface area contributed by atoms with Crippen LogP contribution in [0.3, 0.4) is 0 Å². The van der Waals surface area contributed by atoms with E-state index in [4.69, 9.17) is 4.74 Å². The number of piperidine rings is 1. The van der Waals surface area contributed by atoms with Gasteiger partial charge < -0.3 is 15.2 Å². The van der Waals surface area contributed by atoms with E-state index in [1.807, 2.05) is 20.8 Å². The Balaban J connectivity index is 3.04. The van der Waals surface area contributed by atoms with Gasteiger partial charge in [-0.3, -0.25) is 4.79 Å². The zero-order valence-electron chi connectivity index (χ0n) is 10.7. The first-order valence-electron chi connectivity index (χ1n) is 5.90. The average Bonchev–Trinajstić information content (AvgIpc) is 2.27. The summed E-state index contributed by atoms with van der Waals surface area (Å²) in [6, 6.07) is 0. The molecule has 2 N–H and O–H groups in total. The number of rotatable bonds is 3. The predicted octanol–water partition coefficient (Wildman–Crippen LogP) is 0.936. The van der Waals surface area contributed by atoms with Gasteiger partial charge in [0.25, 0.3) is 0 Å². The standard InChI is InChI=1S/C12H23NO3/c1-9(2)11(3,10(14)16-4)12(15)5-7-13-8-6-12/h9,13,15H,5-8H2,1-4H3. The second-order valence-corrected chi connectivity index (χ2v) is 5.13. The maximum Gasteiger partial charge on any atom is 0.314 e. The zero-order chi connectivity index (χ0) is 12.4. The summed E-state index contributed by atoms with van der Waals surface area (Å²) in [5, 5.41) is 13.9. The Morgan fingerprint density at radius 3 is 2.31 bits per heavy atom. The first-order valence-corrected chi connectivity index (χ1v) is 5.90. The molecule has 0 bridgehead atoms. The van der Waals surface area contributed by atoms with Crippen LogP contribution >= 0.6 is 0 Å². The molecule has 0 aromatic carbocycles. The van der Waals surface area contributed by atoms with Crippen molar-refractivity contribution in [1.82, 2.24) is 5.32 Å². The fraction of sp³-hybridized carbons (Fsp3) is 0.917. The molecule has 1 heterocycles. The molecule has 1 aliphatic rings. The molecule has 1 saturated heterocycles. The van der Waals surface area contributed by atoms with Crippen LogP contribution in [0.25, 0.3) is 0 Å². The number of carbonyl (C=O) groups excluding carboxylic acids is 1. The molecule has 1 aliphatic heterocycles. The number of hydrogen-bond donors (Lipinski definition) is 2. The van der Waals surface area contributed by atoms with E-state index in [0.717, 1.165) is 13.1 Å². The normalized spacial score (nSPS) is 23.9. The molecule has 0 saturated carbocycles. The molecule has 1 rings (SSSR count). The third-order valence-electron chi connectivity index (χ3n) is 4.16. The van der Waals surface area contributed by atoms with Crippen LogP contribution in [0.2, 0.25) is 0 Å². The number of hydrogen-bond acceptors (Lipinski definition) is 4. The molecule has 4 nitrogen and oxygen atoms in total. The minimum Gasteiger partial charge on any atom is -0.469 e. The van der Waals surface area contributed by atoms with Gasteiger partial charge in [0.15, 0.2) is 0 Å². The summed E-state index contributed by atoms with van der Waals surface area (Å²) in [6.07, 6.45) is 1.19. The van der Waals surface area contributed by atoms with Crippen LogP contribution in [0, 0.1) is 11.3 Å². The van der Waals surface area contributed by atoms with Gasteiger partial charge in [-0.05, 0) is 38.8 Å².